The first-order chi connectivity index (χ1) is 17.7. The Hall–Kier alpha value is -3.99. The summed E-state index contributed by atoms with van der Waals surface area (Å²) in [7, 11) is 1.25. The van der Waals surface area contributed by atoms with Crippen LogP contribution in [0.2, 0.25) is 0 Å². The Kier molecular flexibility index (Phi) is 8.02. The van der Waals surface area contributed by atoms with E-state index in [0.717, 1.165) is 17.7 Å². The smallest absolute Gasteiger partial charge is 0.416 e. The van der Waals surface area contributed by atoms with E-state index in [9.17, 15) is 22.8 Å². The van der Waals surface area contributed by atoms with Gasteiger partial charge >= 0.3 is 12.1 Å². The Morgan fingerprint density at radius 3 is 2.68 bits per heavy atom. The van der Waals surface area contributed by atoms with E-state index >= 15 is 0 Å². The van der Waals surface area contributed by atoms with Crippen molar-refractivity contribution < 1.29 is 27.5 Å². The van der Waals surface area contributed by atoms with Crippen LogP contribution >= 0.6 is 0 Å². The van der Waals surface area contributed by atoms with Gasteiger partial charge in [0.15, 0.2) is 5.69 Å². The fourth-order valence-corrected chi connectivity index (χ4v) is 4.25. The van der Waals surface area contributed by atoms with Crippen molar-refractivity contribution in [1.29, 1.82) is 0 Å². The summed E-state index contributed by atoms with van der Waals surface area (Å²) in [6.07, 6.45) is 1.32. The van der Waals surface area contributed by atoms with Gasteiger partial charge in [0.1, 0.15) is 0 Å². The molecule has 1 aliphatic rings. The van der Waals surface area contributed by atoms with Crippen molar-refractivity contribution in [2.45, 2.75) is 31.2 Å². The van der Waals surface area contributed by atoms with Crippen LogP contribution < -0.4 is 5.32 Å². The second-order valence-corrected chi connectivity index (χ2v) is 8.66. The lowest BCUT2D eigenvalue weighted by molar-refractivity contribution is -0.137. The summed E-state index contributed by atoms with van der Waals surface area (Å²) in [6.45, 7) is 0.893. The van der Waals surface area contributed by atoms with E-state index in [2.05, 4.69) is 20.4 Å². The number of hydrogen-bond acceptors (Lipinski definition) is 6. The number of aromatic nitrogens is 3. The molecule has 0 saturated carbocycles. The number of amides is 1. The normalized spacial score (nSPS) is 18.3. The SMILES string of the molecule is COC(=O)c1cn([C@H]2C[C@@H](C(=O)NCc3cccc(C(F)(F)F)c3)N(CC=Cc3ccccc3)C2)nn1. The van der Waals surface area contributed by atoms with Crippen molar-refractivity contribution >= 4 is 18.0 Å². The molecule has 2 aromatic carbocycles. The third-order valence-electron chi connectivity index (χ3n) is 6.13. The van der Waals surface area contributed by atoms with Crippen LogP contribution in [0.25, 0.3) is 6.08 Å². The van der Waals surface area contributed by atoms with Crippen molar-refractivity contribution in [3.05, 3.63) is 89.3 Å². The van der Waals surface area contributed by atoms with Crippen molar-refractivity contribution in [2.24, 2.45) is 0 Å². The highest BCUT2D eigenvalue weighted by Gasteiger charge is 2.38. The minimum atomic E-state index is -4.46. The zero-order valence-electron chi connectivity index (χ0n) is 20.1. The monoisotopic (exact) mass is 513 g/mol. The lowest BCUT2D eigenvalue weighted by Crippen LogP contribution is -2.43. The molecule has 0 bridgehead atoms. The summed E-state index contributed by atoms with van der Waals surface area (Å²) >= 11 is 0. The van der Waals surface area contributed by atoms with Crippen molar-refractivity contribution in [3.63, 3.8) is 0 Å². The lowest BCUT2D eigenvalue weighted by atomic mass is 10.1. The number of rotatable bonds is 8. The highest BCUT2D eigenvalue weighted by molar-refractivity contribution is 5.86. The van der Waals surface area contributed by atoms with Gasteiger partial charge in [-0.05, 0) is 29.7 Å². The van der Waals surface area contributed by atoms with E-state index in [1.165, 1.54) is 25.4 Å². The number of hydrogen-bond donors (Lipinski definition) is 1. The summed E-state index contributed by atoms with van der Waals surface area (Å²) < 4.78 is 45.3. The van der Waals surface area contributed by atoms with Crippen LogP contribution in [-0.2, 0) is 22.3 Å². The molecule has 194 valence electrons. The fraction of sp³-hybridized carbons (Fsp3) is 0.308. The van der Waals surface area contributed by atoms with Crippen molar-refractivity contribution in [1.82, 2.24) is 25.2 Å². The molecule has 2 atom stereocenters. The molecule has 0 spiro atoms. The van der Waals surface area contributed by atoms with Crippen LogP contribution in [0, 0.1) is 0 Å². The number of nitrogens with zero attached hydrogens (tertiary/aromatic N) is 4. The number of benzene rings is 2. The number of likely N-dealkylation sites (tertiary alicyclic amines) is 1. The number of alkyl halides is 3. The van der Waals surface area contributed by atoms with Gasteiger partial charge in [-0.15, -0.1) is 5.10 Å². The third kappa shape index (κ3) is 6.62. The molecule has 1 N–H and O–H groups in total. The van der Waals surface area contributed by atoms with E-state index in [0.29, 0.717) is 25.1 Å². The van der Waals surface area contributed by atoms with Crippen LogP contribution in [0.4, 0.5) is 13.2 Å². The molecule has 2 heterocycles. The number of nitrogens with one attached hydrogen (secondary N) is 1. The van der Waals surface area contributed by atoms with Gasteiger partial charge < -0.3 is 10.1 Å². The number of esters is 1. The van der Waals surface area contributed by atoms with Crippen LogP contribution in [0.5, 0.6) is 0 Å². The van der Waals surface area contributed by atoms with Gasteiger partial charge in [0, 0.05) is 19.6 Å². The van der Waals surface area contributed by atoms with Crippen molar-refractivity contribution in [3.8, 4) is 0 Å². The number of carbonyl (C=O) groups excluding carboxylic acids is 2. The Bertz CT molecular complexity index is 1260. The Labute approximate surface area is 211 Å². The predicted molar refractivity (Wildman–Crippen MR) is 129 cm³/mol. The topological polar surface area (TPSA) is 89.4 Å². The molecule has 1 aliphatic heterocycles. The first kappa shape index (κ1) is 26.1. The zero-order chi connectivity index (χ0) is 26.4. The van der Waals surface area contributed by atoms with E-state index in [-0.39, 0.29) is 24.2 Å². The highest BCUT2D eigenvalue weighted by atomic mass is 19.4. The zero-order valence-corrected chi connectivity index (χ0v) is 20.1. The quantitative estimate of drug-likeness (QED) is 0.462. The highest BCUT2D eigenvalue weighted by Crippen LogP contribution is 2.30. The number of methoxy groups -OCH3 is 1. The van der Waals surface area contributed by atoms with Gasteiger partial charge in [-0.25, -0.2) is 9.48 Å². The summed E-state index contributed by atoms with van der Waals surface area (Å²) in [4.78, 5) is 26.9. The maximum Gasteiger partial charge on any atom is 0.416 e. The molecule has 0 aliphatic carbocycles. The Morgan fingerprint density at radius 2 is 1.95 bits per heavy atom. The van der Waals surface area contributed by atoms with E-state index in [1.807, 2.05) is 47.4 Å². The largest absolute Gasteiger partial charge is 0.464 e. The minimum Gasteiger partial charge on any atom is -0.464 e. The summed E-state index contributed by atoms with van der Waals surface area (Å²) in [5, 5.41) is 10.6. The van der Waals surface area contributed by atoms with Gasteiger partial charge in [-0.1, -0.05) is 59.8 Å². The predicted octanol–water partition coefficient (Wildman–Crippen LogP) is 3.73. The van der Waals surface area contributed by atoms with Crippen LogP contribution in [-0.4, -0.2) is 58.0 Å². The van der Waals surface area contributed by atoms with Gasteiger partial charge in [0.2, 0.25) is 5.91 Å². The Balaban J connectivity index is 1.47. The van der Waals surface area contributed by atoms with E-state index < -0.39 is 23.8 Å². The van der Waals surface area contributed by atoms with Gasteiger partial charge in [0.05, 0.1) is 31.0 Å². The molecular weight excluding hydrogens is 487 g/mol. The third-order valence-corrected chi connectivity index (χ3v) is 6.13. The molecule has 1 fully saturated rings. The first-order valence-electron chi connectivity index (χ1n) is 11.6. The molecule has 8 nitrogen and oxygen atoms in total. The van der Waals surface area contributed by atoms with Crippen LogP contribution in [0.1, 0.15) is 39.6 Å². The second kappa shape index (κ2) is 11.4. The maximum absolute atomic E-state index is 13.2. The Morgan fingerprint density at radius 1 is 1.16 bits per heavy atom. The molecule has 37 heavy (non-hydrogen) atoms. The number of halogens is 3. The summed E-state index contributed by atoms with van der Waals surface area (Å²) in [5.74, 6) is -0.913. The number of ether oxygens (including phenoxy) is 1. The van der Waals surface area contributed by atoms with Crippen molar-refractivity contribution in [2.75, 3.05) is 20.2 Å². The van der Waals surface area contributed by atoms with Gasteiger partial charge in [-0.3, -0.25) is 9.69 Å². The maximum atomic E-state index is 13.2. The second-order valence-electron chi connectivity index (χ2n) is 8.66. The number of carbonyl (C=O) groups is 2. The van der Waals surface area contributed by atoms with Gasteiger partial charge in [-0.2, -0.15) is 13.2 Å². The molecule has 0 unspecified atom stereocenters. The average molecular weight is 514 g/mol. The van der Waals surface area contributed by atoms with Crippen LogP contribution in [0.3, 0.4) is 0 Å². The lowest BCUT2D eigenvalue weighted by Gasteiger charge is -2.22. The molecule has 11 heteroatoms. The summed E-state index contributed by atoms with van der Waals surface area (Å²) in [5.41, 5.74) is 0.672. The summed E-state index contributed by atoms with van der Waals surface area (Å²) in [6, 6.07) is 13.8. The first-order valence-corrected chi connectivity index (χ1v) is 11.6. The standard InChI is InChI=1S/C26H26F3N5O3/c1-37-25(36)22-17-34(32-31-22)21-14-23(33(16-21)12-6-10-18-7-3-2-4-8-18)24(35)30-15-19-9-5-11-20(13-19)26(27,28)29/h2-11,13,17,21,23H,12,14-16H2,1H3,(H,30,35)/t21-,23-/m0/s1. The molecule has 1 aromatic heterocycles. The molecule has 1 saturated heterocycles. The molecule has 0 radical (unpaired) electrons. The minimum absolute atomic E-state index is 0.0343. The molecular formula is C26H26F3N5O3. The molecule has 1 amide bonds. The molecule has 3 aromatic rings. The fourth-order valence-electron chi connectivity index (χ4n) is 4.25. The van der Waals surface area contributed by atoms with Gasteiger partial charge in [0.25, 0.3) is 0 Å². The van der Waals surface area contributed by atoms with E-state index in [1.54, 1.807) is 4.68 Å². The van der Waals surface area contributed by atoms with E-state index in [4.69, 9.17) is 0 Å². The molecule has 4 rings (SSSR count). The average Bonchev–Trinajstić information content (AvgIpc) is 3.55. The van der Waals surface area contributed by atoms with Crippen LogP contribution in [0.15, 0.2) is 66.9 Å².